The summed E-state index contributed by atoms with van der Waals surface area (Å²) in [6.07, 6.45) is 3.57. The molecule has 0 N–H and O–H groups in total. The van der Waals surface area contributed by atoms with Crippen LogP contribution < -0.4 is 14.5 Å². The number of para-hydroxylation sites is 4. The molecule has 0 saturated heterocycles. The quantitative estimate of drug-likeness (QED) is 0.0957. The molecule has 73 heavy (non-hydrogen) atoms. The van der Waals surface area contributed by atoms with Crippen LogP contribution in [0.2, 0.25) is 0 Å². The Balaban J connectivity index is 1.01. The van der Waals surface area contributed by atoms with Crippen LogP contribution >= 0.6 is 0 Å². The third-order valence-corrected chi connectivity index (χ3v) is 13.9. The van der Waals surface area contributed by atoms with Crippen molar-refractivity contribution in [1.82, 2.24) is 9.55 Å². The first-order valence-corrected chi connectivity index (χ1v) is 25.0. The van der Waals surface area contributed by atoms with E-state index in [0.29, 0.717) is 34.3 Å². The maximum Gasteiger partial charge on any atom is 0.0668 e. The molecule has 350 valence electrons. The molecule has 0 amide bonds. The fraction of sp³-hybridized carbons (Fsp3) is 0.0462. The first kappa shape index (κ1) is 35.3. The molecule has 8 heteroatoms. The predicted molar refractivity (Wildman–Crippen MR) is 299 cm³/mol. The van der Waals surface area contributed by atoms with E-state index in [4.69, 9.17) is 33.4 Å². The maximum atomic E-state index is 9.14. The molecule has 0 saturated carbocycles. The number of amidine groups is 1. The summed E-state index contributed by atoms with van der Waals surface area (Å²) in [6.45, 7) is 4.17. The summed E-state index contributed by atoms with van der Waals surface area (Å²) < 4.78 is 98.2. The molecular weight excluding hydrogens is 1060 g/mol. The molecule has 7 nitrogen and oxygen atoms in total. The van der Waals surface area contributed by atoms with Crippen LogP contribution in [0.5, 0.6) is 11.5 Å². The molecule has 0 aliphatic carbocycles. The van der Waals surface area contributed by atoms with Gasteiger partial charge in [-0.2, -0.15) is 0 Å². The molecule has 12 rings (SSSR count). The van der Waals surface area contributed by atoms with Gasteiger partial charge in [-0.25, -0.2) is 0 Å². The fourth-order valence-electron chi connectivity index (χ4n) is 9.27. The van der Waals surface area contributed by atoms with Gasteiger partial charge < -0.3 is 4.90 Å². The van der Waals surface area contributed by atoms with Crippen LogP contribution in [-0.4, -0.2) is 32.3 Å². The van der Waals surface area contributed by atoms with Crippen LogP contribution in [0.4, 0.5) is 22.7 Å². The van der Waals surface area contributed by atoms with Crippen molar-refractivity contribution in [3.8, 4) is 39.6 Å². The van der Waals surface area contributed by atoms with E-state index in [1.165, 1.54) is 19.4 Å². The van der Waals surface area contributed by atoms with E-state index < -0.39 is 60.4 Å². The Kier molecular flexibility index (Phi) is 9.58. The van der Waals surface area contributed by atoms with E-state index in [-0.39, 0.29) is 34.6 Å². The molecule has 9 aromatic carbocycles. The number of rotatable bonds is 11. The standard InChI is InChI=1S/C65H48N6O.W/c1-45-30-34-47(35-31-45)42-67-65(50-36-32-46(2)33-37-50)68-43-51-39-57-56-23-9-10-26-58(56)71(63-29-13-14-38-66-63)61(57)41-62(51)72-53-22-15-21-52(40-53)69-44-70(60-28-12-11-27-59(60)69)64-54(48-17-5-3-6-18-48)24-16-25-55(64)49-19-7-4-8-20-49;/h3-41,43H,44H2,1-2H3;/i3D,4D,5D,6D,7D,8D,17D,18D,19D,20D;. The van der Waals surface area contributed by atoms with Crippen LogP contribution in [0, 0.1) is 13.8 Å². The second-order valence-corrected chi connectivity index (χ2v) is 18.9. The van der Waals surface area contributed by atoms with Crippen molar-refractivity contribution in [3.05, 3.63) is 264 Å². The van der Waals surface area contributed by atoms with Crippen LogP contribution in [0.25, 0.3) is 49.9 Å². The topological polar surface area (TPSA) is 58.2 Å². The Bertz CT molecular complexity index is 4370. The van der Waals surface area contributed by atoms with E-state index in [2.05, 4.69) is 54.0 Å². The van der Waals surface area contributed by atoms with E-state index in [9.17, 15) is 0 Å². The van der Waals surface area contributed by atoms with Crippen molar-refractivity contribution in [2.24, 2.45) is 9.98 Å². The number of aryl methyl sites for hydroxylation is 2. The minimum atomic E-state index is -0.564. The van der Waals surface area contributed by atoms with Crippen molar-refractivity contribution in [3.63, 3.8) is 0 Å². The Morgan fingerprint density at radius 1 is 0.603 bits per heavy atom. The number of hydrogen-bond donors (Lipinski definition) is 0. The number of aromatic nitrogens is 2. The number of aliphatic imine (C=N–C) groups is 2. The number of benzene rings is 9. The third kappa shape index (κ3) is 9.01. The Hall–Kier alpha value is -8.77. The summed E-state index contributed by atoms with van der Waals surface area (Å²) >= 11 is 1.19. The van der Waals surface area contributed by atoms with Gasteiger partial charge in [0.15, 0.2) is 0 Å². The zero-order valence-electron chi connectivity index (χ0n) is 49.5. The number of pyridine rings is 1. The minimum absolute atomic E-state index is 0.0695. The van der Waals surface area contributed by atoms with Crippen LogP contribution in [-0.2, 0) is 19.4 Å². The summed E-state index contributed by atoms with van der Waals surface area (Å²) in [5, 5.41) is 1.96. The van der Waals surface area contributed by atoms with E-state index in [0.717, 1.165) is 59.6 Å². The molecular formula is C65H48N6OW. The van der Waals surface area contributed by atoms with E-state index >= 15 is 0 Å². The largest absolute Gasteiger partial charge is 0.0668 e. The Morgan fingerprint density at radius 2 is 1.23 bits per heavy atom. The van der Waals surface area contributed by atoms with Crippen LogP contribution in [0.15, 0.2) is 246 Å². The van der Waals surface area contributed by atoms with Gasteiger partial charge in [0, 0.05) is 17.3 Å². The minimum Gasteiger partial charge on any atom is -0.0616 e. The summed E-state index contributed by atoms with van der Waals surface area (Å²) in [4.78, 5) is 19.1. The molecule has 1 aliphatic heterocycles. The average molecular weight is 1120 g/mol. The molecule has 0 unspecified atom stereocenters. The van der Waals surface area contributed by atoms with Gasteiger partial charge in [0.05, 0.1) is 30.8 Å². The number of nitrogens with zero attached hydrogens (tertiary/aromatic N) is 6. The predicted octanol–water partition coefficient (Wildman–Crippen LogP) is 15.8. The summed E-state index contributed by atoms with van der Waals surface area (Å²) in [7, 11) is 0. The first-order chi connectivity index (χ1) is 40.1. The molecule has 11 aromatic rings. The maximum absolute atomic E-state index is 9.14. The molecule has 2 aromatic heterocycles. The molecule has 3 heterocycles. The van der Waals surface area contributed by atoms with Crippen molar-refractivity contribution in [2.45, 2.75) is 13.8 Å². The van der Waals surface area contributed by atoms with Crippen molar-refractivity contribution >= 4 is 60.6 Å². The summed E-state index contributed by atoms with van der Waals surface area (Å²) in [6, 6.07) is 49.5. The number of hydrogen-bond acceptors (Lipinski definition) is 5. The number of fused-ring (bicyclic) bond motifs is 4. The average Bonchev–Trinajstić information content (AvgIpc) is 2.76. The van der Waals surface area contributed by atoms with Crippen LogP contribution in [0.1, 0.15) is 41.5 Å². The van der Waals surface area contributed by atoms with Gasteiger partial charge in [0.2, 0.25) is 0 Å². The SMILES string of the molecule is [2H]c1c([2H])c([2H])c(-c2cccc(-c3c([2H])c([2H])c([2H])c([2H])c3[2H])c2N2CN(c3cccc(Oc4cc5c(cc4C=NC(=N[C](=[W])c4ccc(C)cc4)c4ccc(C)cc4)c4ccccc4n5-c4ccccn4)c3)c3ccccc32)c([2H])c1[2H]. The molecule has 0 bridgehead atoms. The smallest absolute Gasteiger partial charge is 0.0616 e. The van der Waals surface area contributed by atoms with Gasteiger partial charge in [-0.3, -0.25) is 0 Å². The molecule has 0 atom stereocenters. The normalized spacial score (nSPS) is 14.4. The number of ether oxygens (including phenoxy) is 1. The monoisotopic (exact) mass is 1120 g/mol. The molecule has 0 fully saturated rings. The van der Waals surface area contributed by atoms with Gasteiger partial charge >= 0.3 is 266 Å². The summed E-state index contributed by atoms with van der Waals surface area (Å²) in [5.74, 6) is 2.23. The fourth-order valence-corrected chi connectivity index (χ4v) is 10.1. The zero-order valence-corrected chi connectivity index (χ0v) is 42.5. The molecule has 1 aliphatic rings. The summed E-state index contributed by atoms with van der Waals surface area (Å²) in [5.41, 5.74) is 9.12. The van der Waals surface area contributed by atoms with Gasteiger partial charge in [0.25, 0.3) is 0 Å². The van der Waals surface area contributed by atoms with Gasteiger partial charge in [0.1, 0.15) is 6.67 Å². The molecule has 0 spiro atoms. The molecule has 0 radical (unpaired) electrons. The Morgan fingerprint density at radius 3 is 1.92 bits per heavy atom. The van der Waals surface area contributed by atoms with Crippen LogP contribution in [0.3, 0.4) is 0 Å². The van der Waals surface area contributed by atoms with E-state index in [1.807, 2.05) is 126 Å². The Labute approximate surface area is 450 Å². The van der Waals surface area contributed by atoms with E-state index in [1.54, 1.807) is 30.6 Å². The first-order valence-electron chi connectivity index (χ1n) is 28.6. The van der Waals surface area contributed by atoms with Gasteiger partial charge in [-0.05, 0) is 29.3 Å². The number of anilines is 4. The third-order valence-electron chi connectivity index (χ3n) is 12.8. The van der Waals surface area contributed by atoms with Crippen molar-refractivity contribution in [2.75, 3.05) is 16.5 Å². The van der Waals surface area contributed by atoms with Gasteiger partial charge in [-0.15, -0.1) is 0 Å². The zero-order chi connectivity index (χ0) is 58.0. The second kappa shape index (κ2) is 19.8. The second-order valence-electron chi connectivity index (χ2n) is 17.5. The van der Waals surface area contributed by atoms with Crippen molar-refractivity contribution < 1.29 is 37.8 Å². The van der Waals surface area contributed by atoms with Crippen molar-refractivity contribution in [1.29, 1.82) is 0 Å². The van der Waals surface area contributed by atoms with Gasteiger partial charge in [-0.1, -0.05) is 96.8 Å².